The average Bonchev–Trinajstić information content (AvgIpc) is 3.25. The first-order valence-corrected chi connectivity index (χ1v) is 12.2. The van der Waals surface area contributed by atoms with Crippen molar-refractivity contribution in [3.63, 3.8) is 0 Å². The van der Waals surface area contributed by atoms with Crippen molar-refractivity contribution in [2.45, 2.75) is 90.9 Å². The summed E-state index contributed by atoms with van der Waals surface area (Å²) in [6, 6.07) is -2.54. The minimum absolute atomic E-state index is 0.0520. The molecule has 192 valence electrons. The largest absolute Gasteiger partial charge is 0.345 e. The summed E-state index contributed by atoms with van der Waals surface area (Å²) in [6.45, 7) is 9.54. The molecule has 0 bridgehead atoms. The Hall–Kier alpha value is -2.55. The molecule has 1 rings (SSSR count). The third-order valence-electron chi connectivity index (χ3n) is 5.93. The predicted octanol–water partition coefficient (Wildman–Crippen LogP) is 1.36. The molecule has 1 aliphatic rings. The van der Waals surface area contributed by atoms with Crippen LogP contribution in [0.25, 0.3) is 0 Å². The third kappa shape index (κ3) is 9.37. The summed E-state index contributed by atoms with van der Waals surface area (Å²) in [5, 5.41) is 8.59. The molecule has 0 aromatic rings. The van der Waals surface area contributed by atoms with Crippen LogP contribution in [0.2, 0.25) is 0 Å². The Balaban J connectivity index is 2.86. The van der Waals surface area contributed by atoms with Crippen LogP contribution in [-0.2, 0) is 24.0 Å². The van der Waals surface area contributed by atoms with E-state index in [1.807, 2.05) is 27.7 Å². The van der Waals surface area contributed by atoms with Crippen molar-refractivity contribution in [1.29, 1.82) is 0 Å². The Labute approximate surface area is 203 Å². The quantitative estimate of drug-likeness (QED) is 0.256. The van der Waals surface area contributed by atoms with Crippen LogP contribution in [-0.4, -0.2) is 72.5 Å². The van der Waals surface area contributed by atoms with Gasteiger partial charge in [0.2, 0.25) is 17.7 Å². The molecule has 0 aliphatic carbocycles. The van der Waals surface area contributed by atoms with E-state index in [1.165, 1.54) is 17.9 Å². The molecule has 1 aliphatic heterocycles. The van der Waals surface area contributed by atoms with Gasteiger partial charge < -0.3 is 25.6 Å². The summed E-state index contributed by atoms with van der Waals surface area (Å²) >= 11 is 0. The number of hydrogen-bond donors (Lipinski definition) is 3. The highest BCUT2D eigenvalue weighted by Gasteiger charge is 2.39. The maximum Gasteiger partial charge on any atom is 0.246 e. The normalized spacial score (nSPS) is 18.7. The molecule has 0 spiro atoms. The minimum Gasteiger partial charge on any atom is -0.345 e. The lowest BCUT2D eigenvalue weighted by Crippen LogP contribution is -2.58. The van der Waals surface area contributed by atoms with Gasteiger partial charge in [-0.15, -0.1) is 0 Å². The average molecular weight is 479 g/mol. The summed E-state index contributed by atoms with van der Waals surface area (Å²) in [4.78, 5) is 63.1. The molecule has 34 heavy (non-hydrogen) atoms. The van der Waals surface area contributed by atoms with E-state index in [0.717, 1.165) is 6.29 Å². The number of ketones is 1. The summed E-state index contributed by atoms with van der Waals surface area (Å²) in [5.41, 5.74) is 0. The zero-order valence-electron chi connectivity index (χ0n) is 21.4. The van der Waals surface area contributed by atoms with Crippen LogP contribution in [0.1, 0.15) is 66.7 Å². The third-order valence-corrected chi connectivity index (χ3v) is 5.93. The lowest BCUT2D eigenvalue weighted by molar-refractivity contribution is -0.143. The number of likely N-dealkylation sites (tertiary alicyclic amines) is 1. The number of carbonyl (C=O) groups excluding carboxylic acids is 5. The summed E-state index contributed by atoms with van der Waals surface area (Å²) in [6.07, 6.45) is 6.69. The zero-order valence-corrected chi connectivity index (χ0v) is 21.4. The maximum absolute atomic E-state index is 13.4. The van der Waals surface area contributed by atoms with Gasteiger partial charge in [0.15, 0.2) is 5.78 Å². The fourth-order valence-corrected chi connectivity index (χ4v) is 4.10. The van der Waals surface area contributed by atoms with E-state index >= 15 is 0 Å². The lowest BCUT2D eigenvalue weighted by Gasteiger charge is -2.32. The Kier molecular flexibility index (Phi) is 12.7. The summed E-state index contributed by atoms with van der Waals surface area (Å²) in [5.74, 6) is -0.913. The van der Waals surface area contributed by atoms with Crippen LogP contribution in [0.3, 0.4) is 0 Å². The van der Waals surface area contributed by atoms with Crippen molar-refractivity contribution in [3.8, 4) is 0 Å². The van der Waals surface area contributed by atoms with Crippen molar-refractivity contribution in [2.75, 3.05) is 13.6 Å². The van der Waals surface area contributed by atoms with Gasteiger partial charge in [0.05, 0.1) is 12.1 Å². The molecule has 1 saturated heterocycles. The molecule has 1 fully saturated rings. The van der Waals surface area contributed by atoms with Crippen LogP contribution in [0.15, 0.2) is 12.2 Å². The fourth-order valence-electron chi connectivity index (χ4n) is 4.10. The zero-order chi connectivity index (χ0) is 25.8. The van der Waals surface area contributed by atoms with Gasteiger partial charge in [0, 0.05) is 6.54 Å². The van der Waals surface area contributed by atoms with Gasteiger partial charge in [0.25, 0.3) is 0 Å². The Morgan fingerprint density at radius 2 is 1.76 bits per heavy atom. The smallest absolute Gasteiger partial charge is 0.246 e. The molecule has 1 heterocycles. The second-order valence-corrected chi connectivity index (χ2v) is 9.73. The molecule has 3 N–H and O–H groups in total. The molecule has 0 radical (unpaired) electrons. The number of nitrogens with zero attached hydrogens (tertiary/aromatic N) is 1. The number of nitrogens with one attached hydrogen (secondary N) is 3. The first kappa shape index (κ1) is 29.5. The van der Waals surface area contributed by atoms with Gasteiger partial charge >= 0.3 is 0 Å². The first-order chi connectivity index (χ1) is 16.0. The van der Waals surface area contributed by atoms with Gasteiger partial charge in [-0.2, -0.15) is 0 Å². The van der Waals surface area contributed by atoms with Crippen molar-refractivity contribution in [2.24, 2.45) is 11.8 Å². The van der Waals surface area contributed by atoms with Crippen LogP contribution >= 0.6 is 0 Å². The highest BCUT2D eigenvalue weighted by Crippen LogP contribution is 2.21. The first-order valence-electron chi connectivity index (χ1n) is 12.2. The maximum atomic E-state index is 13.4. The topological polar surface area (TPSA) is 125 Å². The van der Waals surface area contributed by atoms with E-state index in [9.17, 15) is 24.0 Å². The van der Waals surface area contributed by atoms with Gasteiger partial charge in [-0.3, -0.25) is 19.2 Å². The summed E-state index contributed by atoms with van der Waals surface area (Å²) < 4.78 is 0. The van der Waals surface area contributed by atoms with Crippen molar-refractivity contribution in [1.82, 2.24) is 20.9 Å². The Morgan fingerprint density at radius 1 is 1.09 bits per heavy atom. The highest BCUT2D eigenvalue weighted by atomic mass is 16.2. The number of amides is 3. The van der Waals surface area contributed by atoms with E-state index in [1.54, 1.807) is 13.1 Å². The van der Waals surface area contributed by atoms with Gasteiger partial charge in [-0.05, 0) is 64.0 Å². The number of carbonyl (C=O) groups is 5. The Morgan fingerprint density at radius 3 is 2.29 bits per heavy atom. The number of hydrogen-bond acceptors (Lipinski definition) is 6. The minimum atomic E-state index is -0.776. The van der Waals surface area contributed by atoms with E-state index in [-0.39, 0.29) is 35.3 Å². The molecular weight excluding hydrogens is 436 g/mol. The molecule has 0 aromatic heterocycles. The molecule has 3 amide bonds. The SMILES string of the molecule is CNC(CC/C=C/C(C)=O)C(=O)NC(C(=O)N1CCCC1C(=O)NC(C=O)CC(C)C)C(C)C. The molecule has 0 aromatic carbocycles. The van der Waals surface area contributed by atoms with Gasteiger partial charge in [-0.25, -0.2) is 0 Å². The van der Waals surface area contributed by atoms with Crippen molar-refractivity contribution < 1.29 is 24.0 Å². The number of likely N-dealkylation sites (N-methyl/N-ethyl adjacent to an activating group) is 1. The van der Waals surface area contributed by atoms with Crippen molar-refractivity contribution in [3.05, 3.63) is 12.2 Å². The van der Waals surface area contributed by atoms with Crippen LogP contribution in [0.5, 0.6) is 0 Å². The second kappa shape index (κ2) is 14.7. The van der Waals surface area contributed by atoms with E-state index in [0.29, 0.717) is 38.6 Å². The predicted molar refractivity (Wildman–Crippen MR) is 131 cm³/mol. The highest BCUT2D eigenvalue weighted by molar-refractivity contribution is 5.94. The van der Waals surface area contributed by atoms with Crippen molar-refractivity contribution >= 4 is 29.8 Å². The summed E-state index contributed by atoms with van der Waals surface area (Å²) in [7, 11) is 1.67. The van der Waals surface area contributed by atoms with E-state index < -0.39 is 24.2 Å². The van der Waals surface area contributed by atoms with Gasteiger partial charge in [-0.1, -0.05) is 33.8 Å². The molecule has 0 saturated carbocycles. The van der Waals surface area contributed by atoms with E-state index in [2.05, 4.69) is 16.0 Å². The molecule has 4 unspecified atom stereocenters. The van der Waals surface area contributed by atoms with Crippen LogP contribution in [0.4, 0.5) is 0 Å². The lowest BCUT2D eigenvalue weighted by atomic mass is 10.0. The fraction of sp³-hybridized carbons (Fsp3) is 0.720. The number of aldehydes is 1. The van der Waals surface area contributed by atoms with Crippen LogP contribution < -0.4 is 16.0 Å². The molecular formula is C25H42N4O5. The van der Waals surface area contributed by atoms with Crippen LogP contribution in [0, 0.1) is 11.8 Å². The molecule has 9 nitrogen and oxygen atoms in total. The Bertz CT molecular complexity index is 750. The molecule has 9 heteroatoms. The van der Waals surface area contributed by atoms with E-state index in [4.69, 9.17) is 0 Å². The standard InChI is InChI=1S/C25H42N4O5/c1-16(2)14-19(15-30)27-24(33)21-12-9-13-29(21)25(34)22(17(3)4)28-23(32)20(26-6)11-8-7-10-18(5)31/h7,10,15-17,19-22,26H,8-9,11-14H2,1-6H3,(H,27,33)(H,28,32)/b10-7+. The molecule has 4 atom stereocenters. The second-order valence-electron chi connectivity index (χ2n) is 9.73. The monoisotopic (exact) mass is 478 g/mol. The number of rotatable bonds is 14. The van der Waals surface area contributed by atoms with Gasteiger partial charge in [0.1, 0.15) is 18.4 Å². The number of allylic oxidation sites excluding steroid dienone is 2.